The number of methoxy groups -OCH3 is 1. The predicted octanol–water partition coefficient (Wildman–Crippen LogP) is 6.86. The lowest BCUT2D eigenvalue weighted by Crippen LogP contribution is -2.38. The van der Waals surface area contributed by atoms with Gasteiger partial charge in [0.15, 0.2) is 5.78 Å². The minimum atomic E-state index is -0.550. The largest absolute Gasteiger partial charge is 0.496 e. The smallest absolute Gasteiger partial charge is 0.336 e. The van der Waals surface area contributed by atoms with Crippen LogP contribution >= 0.6 is 27.5 Å². The van der Waals surface area contributed by atoms with Crippen molar-refractivity contribution in [2.45, 2.75) is 53.1 Å². The third-order valence-electron chi connectivity index (χ3n) is 6.65. The maximum absolute atomic E-state index is 13.5. The van der Waals surface area contributed by atoms with Crippen LogP contribution in [0.15, 0.2) is 63.4 Å². The minimum absolute atomic E-state index is 0.0387. The second-order valence-electron chi connectivity index (χ2n) is 10.1. The molecule has 1 atom stereocenters. The summed E-state index contributed by atoms with van der Waals surface area (Å²) in [6, 6.07) is 11.0. The van der Waals surface area contributed by atoms with Crippen LogP contribution < -0.4 is 14.8 Å². The van der Waals surface area contributed by atoms with Crippen LogP contribution in [0.4, 0.5) is 0 Å². The molecule has 196 valence electrons. The number of allylic oxidation sites excluding steroid dienone is 3. The van der Waals surface area contributed by atoms with Gasteiger partial charge in [-0.3, -0.25) is 4.79 Å². The number of esters is 1. The van der Waals surface area contributed by atoms with E-state index in [2.05, 4.69) is 35.1 Å². The summed E-state index contributed by atoms with van der Waals surface area (Å²) in [5, 5.41) is 3.96. The van der Waals surface area contributed by atoms with Gasteiger partial charge in [-0.1, -0.05) is 31.5 Å². The van der Waals surface area contributed by atoms with E-state index < -0.39 is 11.9 Å². The van der Waals surface area contributed by atoms with Gasteiger partial charge in [-0.05, 0) is 77.5 Å². The van der Waals surface area contributed by atoms with Crippen LogP contribution in [0.3, 0.4) is 0 Å². The molecule has 0 aromatic heterocycles. The molecule has 2 aromatic rings. The molecular weight excluding hydrogens is 558 g/mol. The topological polar surface area (TPSA) is 73.9 Å². The van der Waals surface area contributed by atoms with Gasteiger partial charge in [0, 0.05) is 39.9 Å². The van der Waals surface area contributed by atoms with Gasteiger partial charge in [0.2, 0.25) is 0 Å². The molecule has 0 bridgehead atoms. The Bertz CT molecular complexity index is 1310. The number of carbonyl (C=O) groups excluding carboxylic acids is 2. The average molecular weight is 589 g/mol. The third kappa shape index (κ3) is 5.73. The summed E-state index contributed by atoms with van der Waals surface area (Å²) >= 11 is 9.55. The van der Waals surface area contributed by atoms with Crippen molar-refractivity contribution in [3.63, 3.8) is 0 Å². The highest BCUT2D eigenvalue weighted by molar-refractivity contribution is 9.10. The summed E-state index contributed by atoms with van der Waals surface area (Å²) in [7, 11) is 1.60. The number of hydrogen-bond donors (Lipinski definition) is 1. The summed E-state index contributed by atoms with van der Waals surface area (Å²) < 4.78 is 17.8. The first-order valence-electron chi connectivity index (χ1n) is 12.2. The summed E-state index contributed by atoms with van der Waals surface area (Å²) in [6.07, 6.45) is 1.13. The molecule has 2 aliphatic rings. The van der Waals surface area contributed by atoms with E-state index in [1.54, 1.807) is 32.2 Å². The van der Waals surface area contributed by atoms with E-state index in [0.29, 0.717) is 46.2 Å². The van der Waals surface area contributed by atoms with Crippen LogP contribution in [0.25, 0.3) is 0 Å². The number of halogens is 2. The van der Waals surface area contributed by atoms with Gasteiger partial charge in [0.1, 0.15) is 18.1 Å². The van der Waals surface area contributed by atoms with Crippen LogP contribution in [0, 0.1) is 5.41 Å². The van der Waals surface area contributed by atoms with Crippen LogP contribution in [0.2, 0.25) is 5.02 Å². The van der Waals surface area contributed by atoms with E-state index in [9.17, 15) is 9.59 Å². The zero-order valence-electron chi connectivity index (χ0n) is 21.7. The zero-order valence-corrected chi connectivity index (χ0v) is 24.0. The number of nitrogens with one attached hydrogen (secondary N) is 1. The Morgan fingerprint density at radius 1 is 1.16 bits per heavy atom. The highest BCUT2D eigenvalue weighted by atomic mass is 79.9. The minimum Gasteiger partial charge on any atom is -0.496 e. The van der Waals surface area contributed by atoms with Crippen molar-refractivity contribution < 1.29 is 23.8 Å². The van der Waals surface area contributed by atoms with Crippen molar-refractivity contribution in [3.05, 3.63) is 79.6 Å². The maximum atomic E-state index is 13.5. The van der Waals surface area contributed by atoms with Gasteiger partial charge >= 0.3 is 5.97 Å². The quantitative estimate of drug-likeness (QED) is 0.356. The van der Waals surface area contributed by atoms with Crippen LogP contribution in [0.1, 0.15) is 57.6 Å². The Balaban J connectivity index is 1.79. The molecule has 6 nitrogen and oxygen atoms in total. The lowest BCUT2D eigenvalue weighted by atomic mass is 9.68. The van der Waals surface area contributed by atoms with Gasteiger partial charge in [0.25, 0.3) is 0 Å². The van der Waals surface area contributed by atoms with Crippen molar-refractivity contribution in [3.8, 4) is 11.5 Å². The summed E-state index contributed by atoms with van der Waals surface area (Å²) in [5.41, 5.74) is 4.07. The Morgan fingerprint density at radius 2 is 1.89 bits per heavy atom. The van der Waals surface area contributed by atoms with E-state index in [1.165, 1.54) is 0 Å². The van der Waals surface area contributed by atoms with Gasteiger partial charge in [-0.15, -0.1) is 0 Å². The van der Waals surface area contributed by atoms with Gasteiger partial charge in [-0.2, -0.15) is 0 Å². The molecule has 37 heavy (non-hydrogen) atoms. The monoisotopic (exact) mass is 587 g/mol. The second-order valence-corrected chi connectivity index (χ2v) is 11.4. The van der Waals surface area contributed by atoms with Crippen LogP contribution in [-0.2, 0) is 20.9 Å². The molecule has 8 heteroatoms. The first-order valence-corrected chi connectivity index (χ1v) is 13.4. The van der Waals surface area contributed by atoms with Gasteiger partial charge in [0.05, 0.1) is 23.8 Å². The highest BCUT2D eigenvalue weighted by Gasteiger charge is 2.43. The van der Waals surface area contributed by atoms with E-state index >= 15 is 0 Å². The molecular formula is C29H31BrClNO5. The van der Waals surface area contributed by atoms with Crippen LogP contribution in [-0.4, -0.2) is 25.5 Å². The Labute approximate surface area is 231 Å². The fourth-order valence-electron chi connectivity index (χ4n) is 5.09. The normalized spacial score (nSPS) is 18.8. The van der Waals surface area contributed by atoms with Gasteiger partial charge < -0.3 is 19.5 Å². The number of hydrogen-bond acceptors (Lipinski definition) is 6. The van der Waals surface area contributed by atoms with Crippen molar-refractivity contribution in [1.29, 1.82) is 0 Å². The zero-order chi connectivity index (χ0) is 26.9. The fourth-order valence-corrected chi connectivity index (χ4v) is 5.88. The van der Waals surface area contributed by atoms with E-state index in [0.717, 1.165) is 21.3 Å². The molecule has 1 N–H and O–H groups in total. The summed E-state index contributed by atoms with van der Waals surface area (Å²) in [4.78, 5) is 26.7. The van der Waals surface area contributed by atoms with Crippen LogP contribution in [0.5, 0.6) is 11.5 Å². The molecule has 0 radical (unpaired) electrons. The summed E-state index contributed by atoms with van der Waals surface area (Å²) in [5.74, 6) is 0.339. The average Bonchev–Trinajstić information content (AvgIpc) is 2.81. The number of Topliss-reactive ketones (excluding diaryl/α,β-unsaturated/α-hetero) is 1. The van der Waals surface area contributed by atoms with Crippen molar-refractivity contribution >= 4 is 39.3 Å². The molecule has 4 rings (SSSR count). The number of dihydropyridines is 1. The van der Waals surface area contributed by atoms with Crippen molar-refractivity contribution in [1.82, 2.24) is 5.32 Å². The second kappa shape index (κ2) is 10.9. The standard InChI is InChI=1S/C29H31BrClNO5/c1-6-36-28(34)25-16(2)32-21-13-29(3,4)14-22(33)27(21)26(25)17-7-9-23(35-5)18(11-17)15-37-24-10-8-19(31)12-20(24)30/h7-12,26,32H,6,13-15H2,1-5H3. The number of ketones is 1. The molecule has 0 fully saturated rings. The molecule has 1 heterocycles. The SMILES string of the molecule is CCOC(=O)C1=C(C)NC2=C(C(=O)CC(C)(C)C2)C1c1ccc(OC)c(COc2ccc(Cl)cc2Br)c1. The number of carbonyl (C=O) groups is 2. The van der Waals surface area contributed by atoms with E-state index in [4.69, 9.17) is 25.8 Å². The first kappa shape index (κ1) is 27.3. The van der Waals surface area contributed by atoms with Gasteiger partial charge in [-0.25, -0.2) is 4.79 Å². The van der Waals surface area contributed by atoms with Crippen molar-refractivity contribution in [2.24, 2.45) is 5.41 Å². The fraction of sp³-hybridized carbons (Fsp3) is 0.379. The highest BCUT2D eigenvalue weighted by Crippen LogP contribution is 2.47. The predicted molar refractivity (Wildman–Crippen MR) is 147 cm³/mol. The Morgan fingerprint density at radius 3 is 2.57 bits per heavy atom. The third-order valence-corrected chi connectivity index (χ3v) is 7.50. The van der Waals surface area contributed by atoms with E-state index in [1.807, 2.05) is 25.1 Å². The molecule has 2 aromatic carbocycles. The first-order chi connectivity index (χ1) is 17.5. The molecule has 0 saturated heterocycles. The van der Waals surface area contributed by atoms with E-state index in [-0.39, 0.29) is 24.4 Å². The lowest BCUT2D eigenvalue weighted by molar-refractivity contribution is -0.138. The maximum Gasteiger partial charge on any atom is 0.336 e. The molecule has 0 saturated carbocycles. The van der Waals surface area contributed by atoms with Crippen molar-refractivity contribution in [2.75, 3.05) is 13.7 Å². The molecule has 0 amide bonds. The summed E-state index contributed by atoms with van der Waals surface area (Å²) in [6.45, 7) is 8.27. The molecule has 0 spiro atoms. The Kier molecular flexibility index (Phi) is 8.05. The Hall–Kier alpha value is -2.77. The number of benzene rings is 2. The number of ether oxygens (including phenoxy) is 3. The lowest BCUT2D eigenvalue weighted by Gasteiger charge is -2.39. The molecule has 1 aliphatic carbocycles. The molecule has 1 aliphatic heterocycles. The molecule has 1 unspecified atom stereocenters. The number of rotatable bonds is 7.